The van der Waals surface area contributed by atoms with Crippen molar-refractivity contribution in [3.05, 3.63) is 34.5 Å². The van der Waals surface area contributed by atoms with E-state index in [1.54, 1.807) is 6.07 Å². The number of aromatic nitrogens is 1. The number of hydrogen-bond acceptors (Lipinski definition) is 4. The summed E-state index contributed by atoms with van der Waals surface area (Å²) < 4.78 is 0. The van der Waals surface area contributed by atoms with Gasteiger partial charge in [-0.3, -0.25) is 4.79 Å². The molecule has 0 aliphatic rings. The zero-order chi connectivity index (χ0) is 15.0. The second-order valence-electron chi connectivity index (χ2n) is 3.71. The average molecular weight is 318 g/mol. The van der Waals surface area contributed by atoms with Gasteiger partial charge >= 0.3 is 5.97 Å². The predicted molar refractivity (Wildman–Crippen MR) is 77.1 cm³/mol. The number of hydrogen-bond donors (Lipinski definition) is 3. The Morgan fingerprint density at radius 1 is 1.35 bits per heavy atom. The predicted octanol–water partition coefficient (Wildman–Crippen LogP) is 1.95. The van der Waals surface area contributed by atoms with Crippen molar-refractivity contribution < 1.29 is 14.7 Å². The van der Waals surface area contributed by atoms with Gasteiger partial charge in [0.2, 0.25) is 5.91 Å². The van der Waals surface area contributed by atoms with Gasteiger partial charge in [0.25, 0.3) is 0 Å². The fourth-order valence-electron chi connectivity index (χ4n) is 1.27. The van der Waals surface area contributed by atoms with Gasteiger partial charge in [0, 0.05) is 31.8 Å². The smallest absolute Gasteiger partial charge is 0.327 e. The van der Waals surface area contributed by atoms with Crippen molar-refractivity contribution in [1.29, 1.82) is 0 Å². The molecule has 0 unspecified atom stereocenters. The summed E-state index contributed by atoms with van der Waals surface area (Å²) in [5.41, 5.74) is 0. The minimum atomic E-state index is -1.08. The number of carboxylic acid groups (broad SMARTS) is 1. The molecule has 1 heterocycles. The summed E-state index contributed by atoms with van der Waals surface area (Å²) in [7, 11) is 0. The van der Waals surface area contributed by atoms with Crippen LogP contribution in [0, 0.1) is 0 Å². The van der Waals surface area contributed by atoms with Crippen LogP contribution in [-0.2, 0) is 9.59 Å². The van der Waals surface area contributed by atoms with Gasteiger partial charge in [-0.15, -0.1) is 0 Å². The molecule has 0 fully saturated rings. The molecule has 1 aromatic heterocycles. The summed E-state index contributed by atoms with van der Waals surface area (Å²) in [5.74, 6) is -0.863. The molecule has 0 aliphatic carbocycles. The third-order valence-corrected chi connectivity index (χ3v) is 2.61. The number of aliphatic carboxylic acids is 1. The van der Waals surface area contributed by atoms with Gasteiger partial charge in [0.15, 0.2) is 0 Å². The molecule has 0 bridgehead atoms. The van der Waals surface area contributed by atoms with E-state index >= 15 is 0 Å². The Labute approximate surface area is 125 Å². The molecule has 6 nitrogen and oxygen atoms in total. The molecule has 1 rings (SSSR count). The maximum atomic E-state index is 11.3. The highest BCUT2D eigenvalue weighted by atomic mass is 35.5. The van der Waals surface area contributed by atoms with Gasteiger partial charge in [-0.05, 0) is 6.07 Å². The number of rotatable bonds is 7. The summed E-state index contributed by atoms with van der Waals surface area (Å²) in [6, 6.07) is 1.56. The molecule has 20 heavy (non-hydrogen) atoms. The first kappa shape index (κ1) is 16.3. The second kappa shape index (κ2) is 8.39. The van der Waals surface area contributed by atoms with Crippen molar-refractivity contribution in [3.8, 4) is 0 Å². The number of amides is 1. The molecule has 0 aromatic carbocycles. The number of carboxylic acids is 1. The van der Waals surface area contributed by atoms with Gasteiger partial charge in [0.05, 0.1) is 10.0 Å². The molecular weight excluding hydrogens is 305 g/mol. The number of anilines is 1. The number of carbonyl (C=O) groups is 2. The summed E-state index contributed by atoms with van der Waals surface area (Å²) in [6.45, 7) is 0.795. The van der Waals surface area contributed by atoms with Gasteiger partial charge < -0.3 is 15.7 Å². The molecule has 8 heteroatoms. The first-order valence-electron chi connectivity index (χ1n) is 5.70. The molecule has 0 radical (unpaired) electrons. The summed E-state index contributed by atoms with van der Waals surface area (Å²) in [4.78, 5) is 25.5. The number of nitrogens with zero attached hydrogens (tertiary/aromatic N) is 1. The van der Waals surface area contributed by atoms with Crippen molar-refractivity contribution in [2.45, 2.75) is 6.42 Å². The molecule has 0 atom stereocenters. The molecule has 3 N–H and O–H groups in total. The lowest BCUT2D eigenvalue weighted by molar-refractivity contribution is -0.131. The van der Waals surface area contributed by atoms with E-state index < -0.39 is 5.97 Å². The highest BCUT2D eigenvalue weighted by Crippen LogP contribution is 2.21. The third-order valence-electron chi connectivity index (χ3n) is 2.11. The van der Waals surface area contributed by atoms with E-state index in [1.165, 1.54) is 12.3 Å². The Kier molecular flexibility index (Phi) is 6.83. The van der Waals surface area contributed by atoms with Crippen molar-refractivity contribution in [2.24, 2.45) is 0 Å². The average Bonchev–Trinajstić information content (AvgIpc) is 2.36. The van der Waals surface area contributed by atoms with Crippen LogP contribution in [0.5, 0.6) is 0 Å². The standard InChI is InChI=1S/C12H13Cl2N3O3/c13-8-6-9(14)12(17-7-8)16-5-4-15-10(18)2-1-3-11(19)20/h1,3,6-7H,2,4-5H2,(H,15,18)(H,16,17)(H,19,20). The van der Waals surface area contributed by atoms with E-state index in [0.717, 1.165) is 6.08 Å². The van der Waals surface area contributed by atoms with Crippen LogP contribution in [0.1, 0.15) is 6.42 Å². The molecule has 0 saturated carbocycles. The van der Waals surface area contributed by atoms with Crippen LogP contribution in [0.25, 0.3) is 0 Å². The van der Waals surface area contributed by atoms with Crippen molar-refractivity contribution in [2.75, 3.05) is 18.4 Å². The Morgan fingerprint density at radius 3 is 2.75 bits per heavy atom. The largest absolute Gasteiger partial charge is 0.478 e. The zero-order valence-electron chi connectivity index (χ0n) is 10.4. The topological polar surface area (TPSA) is 91.3 Å². The molecule has 108 valence electrons. The van der Waals surface area contributed by atoms with Gasteiger partial charge in [-0.1, -0.05) is 29.3 Å². The van der Waals surface area contributed by atoms with Crippen molar-refractivity contribution in [1.82, 2.24) is 10.3 Å². The van der Waals surface area contributed by atoms with Gasteiger partial charge in [-0.2, -0.15) is 0 Å². The van der Waals surface area contributed by atoms with E-state index in [9.17, 15) is 9.59 Å². The highest BCUT2D eigenvalue weighted by Gasteiger charge is 2.02. The van der Waals surface area contributed by atoms with Crippen LogP contribution in [0.2, 0.25) is 10.0 Å². The number of nitrogens with one attached hydrogen (secondary N) is 2. The van der Waals surface area contributed by atoms with Crippen LogP contribution in [0.3, 0.4) is 0 Å². The molecule has 0 saturated heterocycles. The lowest BCUT2D eigenvalue weighted by atomic mass is 10.3. The van der Waals surface area contributed by atoms with E-state index in [4.69, 9.17) is 28.3 Å². The molecule has 0 spiro atoms. The van der Waals surface area contributed by atoms with E-state index in [2.05, 4.69) is 15.6 Å². The van der Waals surface area contributed by atoms with Crippen LogP contribution >= 0.6 is 23.2 Å². The molecule has 0 aliphatic heterocycles. The van der Waals surface area contributed by atoms with Crippen molar-refractivity contribution >= 4 is 40.9 Å². The lowest BCUT2D eigenvalue weighted by Crippen LogP contribution is -2.28. The normalized spacial score (nSPS) is 10.5. The summed E-state index contributed by atoms with van der Waals surface area (Å²) in [6.07, 6.45) is 3.69. The van der Waals surface area contributed by atoms with E-state index in [1.807, 2.05) is 0 Å². The highest BCUT2D eigenvalue weighted by molar-refractivity contribution is 6.35. The quantitative estimate of drug-likeness (QED) is 0.528. The second-order valence-corrected chi connectivity index (χ2v) is 4.55. The fraction of sp³-hybridized carbons (Fsp3) is 0.250. The minimum Gasteiger partial charge on any atom is -0.478 e. The number of carbonyl (C=O) groups excluding carboxylic acids is 1. The molecule has 1 amide bonds. The number of halogens is 2. The van der Waals surface area contributed by atoms with Crippen molar-refractivity contribution in [3.63, 3.8) is 0 Å². The van der Waals surface area contributed by atoms with E-state index in [0.29, 0.717) is 29.0 Å². The minimum absolute atomic E-state index is 0.0201. The zero-order valence-corrected chi connectivity index (χ0v) is 11.9. The van der Waals surface area contributed by atoms with Crippen LogP contribution in [0.4, 0.5) is 5.82 Å². The van der Waals surface area contributed by atoms with E-state index in [-0.39, 0.29) is 12.3 Å². The Morgan fingerprint density at radius 2 is 2.10 bits per heavy atom. The van der Waals surface area contributed by atoms with Crippen LogP contribution in [-0.4, -0.2) is 35.1 Å². The Balaban J connectivity index is 2.24. The maximum absolute atomic E-state index is 11.3. The van der Waals surface area contributed by atoms with Crippen LogP contribution in [0.15, 0.2) is 24.4 Å². The fourth-order valence-corrected chi connectivity index (χ4v) is 1.71. The first-order chi connectivity index (χ1) is 9.49. The maximum Gasteiger partial charge on any atom is 0.327 e. The van der Waals surface area contributed by atoms with Crippen LogP contribution < -0.4 is 10.6 Å². The van der Waals surface area contributed by atoms with Gasteiger partial charge in [0.1, 0.15) is 5.82 Å². The Hall–Kier alpha value is -1.79. The lowest BCUT2D eigenvalue weighted by Gasteiger charge is -2.08. The monoisotopic (exact) mass is 317 g/mol. The molecular formula is C12H13Cl2N3O3. The summed E-state index contributed by atoms with van der Waals surface area (Å²) >= 11 is 11.6. The SMILES string of the molecule is O=C(O)C=CCC(=O)NCCNc1ncc(Cl)cc1Cl. The van der Waals surface area contributed by atoms with Gasteiger partial charge in [-0.25, -0.2) is 9.78 Å². The summed E-state index contributed by atoms with van der Waals surface area (Å²) in [5, 5.41) is 14.8. The number of pyridine rings is 1. The third kappa shape index (κ3) is 6.40. The molecule has 1 aromatic rings. The Bertz CT molecular complexity index is 521. The first-order valence-corrected chi connectivity index (χ1v) is 6.45.